The van der Waals surface area contributed by atoms with Gasteiger partial charge in [-0.2, -0.15) is 5.10 Å². The third-order valence-electron chi connectivity index (χ3n) is 3.49. The van der Waals surface area contributed by atoms with Crippen molar-refractivity contribution in [1.82, 2.24) is 9.78 Å². The van der Waals surface area contributed by atoms with Crippen molar-refractivity contribution in [2.45, 2.75) is 46.5 Å². The Hall–Kier alpha value is -2.10. The van der Waals surface area contributed by atoms with E-state index in [4.69, 9.17) is 0 Å². The van der Waals surface area contributed by atoms with Crippen LogP contribution in [0, 0.1) is 6.92 Å². The van der Waals surface area contributed by atoms with Gasteiger partial charge in [-0.3, -0.25) is 0 Å². The maximum absolute atomic E-state index is 11.7. The van der Waals surface area contributed by atoms with Crippen molar-refractivity contribution >= 4 is 5.97 Å². The Bertz CT molecular complexity index is 644. The molecule has 1 N–H and O–H groups in total. The first-order chi connectivity index (χ1) is 10.1. The predicted molar refractivity (Wildman–Crippen MR) is 83.3 cm³/mol. The number of aryl methyl sites for hydroxylation is 2. The monoisotopic (exact) mass is 286 g/mol. The van der Waals surface area contributed by atoms with Gasteiger partial charge in [0, 0.05) is 0 Å². The van der Waals surface area contributed by atoms with E-state index >= 15 is 0 Å². The Morgan fingerprint density at radius 2 is 1.95 bits per heavy atom. The van der Waals surface area contributed by atoms with Crippen LogP contribution in [0.1, 0.15) is 54.0 Å². The Morgan fingerprint density at radius 3 is 2.52 bits per heavy atom. The maximum Gasteiger partial charge on any atom is 0.339 e. The average Bonchev–Trinajstić information content (AvgIpc) is 2.78. The molecule has 1 heterocycles. The lowest BCUT2D eigenvalue weighted by Gasteiger charge is -2.08. The normalized spacial score (nSPS) is 10.8. The molecule has 0 amide bonds. The van der Waals surface area contributed by atoms with E-state index in [0.29, 0.717) is 24.1 Å². The van der Waals surface area contributed by atoms with Gasteiger partial charge in [0.1, 0.15) is 5.56 Å². The number of aromatic nitrogens is 2. The number of hydrogen-bond donors (Lipinski definition) is 1. The summed E-state index contributed by atoms with van der Waals surface area (Å²) in [7, 11) is 0. The van der Waals surface area contributed by atoms with Crippen LogP contribution in [0.25, 0.3) is 5.69 Å². The summed E-state index contributed by atoms with van der Waals surface area (Å²) in [5.41, 5.74) is 3.96. The Morgan fingerprint density at radius 1 is 1.24 bits per heavy atom. The predicted octanol–water partition coefficient (Wildman–Crippen LogP) is 3.78. The van der Waals surface area contributed by atoms with Gasteiger partial charge in [-0.25, -0.2) is 9.48 Å². The van der Waals surface area contributed by atoms with E-state index in [-0.39, 0.29) is 0 Å². The van der Waals surface area contributed by atoms with Crippen LogP contribution in [0.15, 0.2) is 24.3 Å². The fourth-order valence-electron chi connectivity index (χ4n) is 2.60. The number of hydrogen-bond acceptors (Lipinski definition) is 2. The summed E-state index contributed by atoms with van der Waals surface area (Å²) >= 11 is 0. The first-order valence-corrected chi connectivity index (χ1v) is 7.49. The molecular formula is C17H22N2O2. The topological polar surface area (TPSA) is 55.1 Å². The smallest absolute Gasteiger partial charge is 0.339 e. The fourth-order valence-corrected chi connectivity index (χ4v) is 2.60. The van der Waals surface area contributed by atoms with Crippen molar-refractivity contribution < 1.29 is 9.90 Å². The lowest BCUT2D eigenvalue weighted by atomic mass is 10.1. The molecule has 0 saturated heterocycles. The van der Waals surface area contributed by atoms with E-state index in [2.05, 4.69) is 12.0 Å². The number of carboxylic acid groups (broad SMARTS) is 1. The summed E-state index contributed by atoms with van der Waals surface area (Å²) in [4.78, 5) is 11.7. The molecule has 0 atom stereocenters. The third-order valence-corrected chi connectivity index (χ3v) is 3.49. The number of benzene rings is 1. The minimum Gasteiger partial charge on any atom is -0.478 e. The molecule has 4 nitrogen and oxygen atoms in total. The zero-order valence-electron chi connectivity index (χ0n) is 12.9. The molecule has 112 valence electrons. The van der Waals surface area contributed by atoms with E-state index < -0.39 is 5.97 Å². The molecule has 0 aliphatic carbocycles. The largest absolute Gasteiger partial charge is 0.478 e. The lowest BCUT2D eigenvalue weighted by molar-refractivity contribution is 0.0694. The van der Waals surface area contributed by atoms with Crippen molar-refractivity contribution in [2.75, 3.05) is 0 Å². The van der Waals surface area contributed by atoms with Gasteiger partial charge in [-0.1, -0.05) is 38.8 Å². The molecule has 4 heteroatoms. The van der Waals surface area contributed by atoms with E-state index in [1.54, 1.807) is 0 Å². The summed E-state index contributed by atoms with van der Waals surface area (Å²) < 4.78 is 1.81. The minimum absolute atomic E-state index is 0.389. The van der Waals surface area contributed by atoms with Crippen molar-refractivity contribution in [3.8, 4) is 5.69 Å². The highest BCUT2D eigenvalue weighted by molar-refractivity contribution is 5.90. The van der Waals surface area contributed by atoms with E-state index in [0.717, 1.165) is 29.8 Å². The van der Waals surface area contributed by atoms with Crippen molar-refractivity contribution in [1.29, 1.82) is 0 Å². The summed E-state index contributed by atoms with van der Waals surface area (Å²) in [5.74, 6) is -0.874. The van der Waals surface area contributed by atoms with Gasteiger partial charge >= 0.3 is 5.97 Å². The van der Waals surface area contributed by atoms with Crippen LogP contribution < -0.4 is 0 Å². The van der Waals surface area contributed by atoms with Crippen LogP contribution in [0.2, 0.25) is 0 Å². The van der Waals surface area contributed by atoms with Gasteiger partial charge in [0.15, 0.2) is 0 Å². The Kier molecular flexibility index (Phi) is 4.78. The SMILES string of the molecule is CCCc1nn(-c2cccc(C)c2)c(CCC)c1C(=O)O. The molecule has 21 heavy (non-hydrogen) atoms. The molecule has 0 spiro atoms. The number of aromatic carboxylic acids is 1. The molecule has 1 aromatic carbocycles. The van der Waals surface area contributed by atoms with Gasteiger partial charge in [0.2, 0.25) is 0 Å². The first-order valence-electron chi connectivity index (χ1n) is 7.49. The van der Waals surface area contributed by atoms with Crippen LogP contribution in [0.4, 0.5) is 0 Å². The molecule has 1 aromatic heterocycles. The molecule has 2 aromatic rings. The van der Waals surface area contributed by atoms with Crippen LogP contribution in [-0.2, 0) is 12.8 Å². The number of carbonyl (C=O) groups is 1. The first kappa shape index (κ1) is 15.3. The van der Waals surface area contributed by atoms with Gasteiger partial charge in [0.25, 0.3) is 0 Å². The fraction of sp³-hybridized carbons (Fsp3) is 0.412. The Balaban J connectivity index is 2.64. The van der Waals surface area contributed by atoms with Crippen LogP contribution >= 0.6 is 0 Å². The highest BCUT2D eigenvalue weighted by Gasteiger charge is 2.22. The molecule has 0 bridgehead atoms. The zero-order chi connectivity index (χ0) is 15.4. The second-order valence-electron chi connectivity index (χ2n) is 5.32. The zero-order valence-corrected chi connectivity index (χ0v) is 12.9. The summed E-state index contributed by atoms with van der Waals surface area (Å²) in [6.45, 7) is 6.12. The minimum atomic E-state index is -0.874. The van der Waals surface area contributed by atoms with Crippen LogP contribution in [-0.4, -0.2) is 20.9 Å². The summed E-state index contributed by atoms with van der Waals surface area (Å²) in [6, 6.07) is 8.01. The van der Waals surface area contributed by atoms with Gasteiger partial charge < -0.3 is 5.11 Å². The summed E-state index contributed by atoms with van der Waals surface area (Å²) in [6.07, 6.45) is 3.18. The van der Waals surface area contributed by atoms with Crippen LogP contribution in [0.3, 0.4) is 0 Å². The standard InChI is InChI=1S/C17H22N2O2/c1-4-7-14-16(17(20)21)15(8-5-2)19(18-14)13-10-6-9-12(3)11-13/h6,9-11H,4-5,7-8H2,1-3H3,(H,20,21). The second-order valence-corrected chi connectivity index (χ2v) is 5.32. The van der Waals surface area contributed by atoms with Crippen LogP contribution in [0.5, 0.6) is 0 Å². The molecule has 2 rings (SSSR count). The van der Waals surface area contributed by atoms with Crippen molar-refractivity contribution in [3.05, 3.63) is 46.8 Å². The number of nitrogens with zero attached hydrogens (tertiary/aromatic N) is 2. The van der Waals surface area contributed by atoms with Gasteiger partial charge in [-0.15, -0.1) is 0 Å². The number of carboxylic acids is 1. The summed E-state index contributed by atoms with van der Waals surface area (Å²) in [5, 5.41) is 14.1. The van der Waals surface area contributed by atoms with Crippen molar-refractivity contribution in [3.63, 3.8) is 0 Å². The molecule has 0 aliphatic heterocycles. The molecule has 0 unspecified atom stereocenters. The molecule has 0 fully saturated rings. The molecule has 0 saturated carbocycles. The van der Waals surface area contributed by atoms with Crippen molar-refractivity contribution in [2.24, 2.45) is 0 Å². The number of rotatable bonds is 6. The Labute approximate surface area is 125 Å². The lowest BCUT2D eigenvalue weighted by Crippen LogP contribution is -2.07. The quantitative estimate of drug-likeness (QED) is 0.879. The highest BCUT2D eigenvalue weighted by Crippen LogP contribution is 2.22. The van der Waals surface area contributed by atoms with E-state index in [1.807, 2.05) is 42.8 Å². The molecule has 0 radical (unpaired) electrons. The molecular weight excluding hydrogens is 264 g/mol. The van der Waals surface area contributed by atoms with Gasteiger partial charge in [0.05, 0.1) is 17.1 Å². The van der Waals surface area contributed by atoms with E-state index in [9.17, 15) is 9.90 Å². The molecule has 0 aliphatic rings. The maximum atomic E-state index is 11.7. The second kappa shape index (κ2) is 6.57. The third kappa shape index (κ3) is 3.15. The highest BCUT2D eigenvalue weighted by atomic mass is 16.4. The van der Waals surface area contributed by atoms with E-state index in [1.165, 1.54) is 0 Å². The average molecular weight is 286 g/mol. The van der Waals surface area contributed by atoms with Gasteiger partial charge in [-0.05, 0) is 37.5 Å².